The number of amides is 1. The topological polar surface area (TPSA) is 118 Å². The van der Waals surface area contributed by atoms with E-state index in [1.807, 2.05) is 17.3 Å². The maximum atomic E-state index is 12.2. The van der Waals surface area contributed by atoms with Gasteiger partial charge in [0.2, 0.25) is 0 Å². The molecule has 0 aromatic carbocycles. The van der Waals surface area contributed by atoms with E-state index in [0.29, 0.717) is 24.4 Å². The molecular weight excluding hydrogens is 464 g/mol. The number of carbonyl (C=O) groups excluding carboxylic acids is 1. The van der Waals surface area contributed by atoms with Crippen LogP contribution >= 0.6 is 11.3 Å². The van der Waals surface area contributed by atoms with Crippen LogP contribution < -0.4 is 5.32 Å². The summed E-state index contributed by atoms with van der Waals surface area (Å²) in [7, 11) is 0. The van der Waals surface area contributed by atoms with Crippen molar-refractivity contribution in [1.29, 1.82) is 0 Å². The van der Waals surface area contributed by atoms with Crippen LogP contribution in [0, 0.1) is 11.8 Å². The van der Waals surface area contributed by atoms with E-state index < -0.39 is 6.10 Å². The number of fused-ring (bicyclic) bond motifs is 3. The fourth-order valence-electron chi connectivity index (χ4n) is 6.09. The molecule has 6 rings (SSSR count). The number of carbonyl (C=O) groups is 1. The highest BCUT2D eigenvalue weighted by molar-refractivity contribution is 7.15. The van der Waals surface area contributed by atoms with Crippen LogP contribution in [-0.4, -0.2) is 85.8 Å². The van der Waals surface area contributed by atoms with Crippen molar-refractivity contribution in [3.63, 3.8) is 0 Å². The number of thiazole rings is 1. The smallest absolute Gasteiger partial charge is 0.251 e. The van der Waals surface area contributed by atoms with E-state index >= 15 is 0 Å². The fourth-order valence-corrected chi connectivity index (χ4v) is 7.17. The predicted molar refractivity (Wildman–Crippen MR) is 135 cm³/mol. The van der Waals surface area contributed by atoms with E-state index in [2.05, 4.69) is 26.3 Å². The highest BCUT2D eigenvalue weighted by Crippen LogP contribution is 2.43. The molecule has 3 aromatic rings. The van der Waals surface area contributed by atoms with Crippen LogP contribution in [0.1, 0.15) is 30.3 Å². The molecule has 1 saturated heterocycles. The Kier molecular flexibility index (Phi) is 6.00. The first kappa shape index (κ1) is 22.9. The molecular formula is C25H32N6O3S. The Bertz CT molecular complexity index is 1230. The highest BCUT2D eigenvalue weighted by Gasteiger charge is 2.43. The number of hydrogen-bond acceptors (Lipinski definition) is 8. The maximum absolute atomic E-state index is 12.2. The molecule has 1 amide bonds. The van der Waals surface area contributed by atoms with Gasteiger partial charge in [0.25, 0.3) is 5.91 Å². The van der Waals surface area contributed by atoms with Gasteiger partial charge in [0, 0.05) is 61.4 Å². The number of nitrogens with one attached hydrogen (secondary N) is 2. The number of aliphatic hydroxyl groups is 2. The summed E-state index contributed by atoms with van der Waals surface area (Å²) >= 11 is 1.76. The van der Waals surface area contributed by atoms with E-state index in [4.69, 9.17) is 4.98 Å². The number of aromatic nitrogens is 3. The van der Waals surface area contributed by atoms with Crippen molar-refractivity contribution in [2.24, 2.45) is 11.8 Å². The van der Waals surface area contributed by atoms with Crippen molar-refractivity contribution in [2.45, 2.75) is 44.9 Å². The number of rotatable bonds is 6. The maximum Gasteiger partial charge on any atom is 0.251 e. The fraction of sp³-hybridized carbons (Fsp3) is 0.560. The average Bonchev–Trinajstić information content (AvgIpc) is 3.61. The molecule has 4 N–H and O–H groups in total. The predicted octanol–water partition coefficient (Wildman–Crippen LogP) is 2.07. The van der Waals surface area contributed by atoms with Crippen molar-refractivity contribution in [3.8, 4) is 10.6 Å². The second kappa shape index (κ2) is 9.16. The Morgan fingerprint density at radius 3 is 2.89 bits per heavy atom. The lowest BCUT2D eigenvalue weighted by molar-refractivity contribution is -0.138. The van der Waals surface area contributed by atoms with Crippen LogP contribution in [0.15, 0.2) is 18.5 Å². The molecule has 9 nitrogen and oxygen atoms in total. The summed E-state index contributed by atoms with van der Waals surface area (Å²) in [4.78, 5) is 30.6. The van der Waals surface area contributed by atoms with E-state index in [0.717, 1.165) is 78.4 Å². The molecule has 2 fully saturated rings. The van der Waals surface area contributed by atoms with Crippen molar-refractivity contribution in [2.75, 3.05) is 38.1 Å². The summed E-state index contributed by atoms with van der Waals surface area (Å²) in [5.74, 6) is 0.776. The lowest BCUT2D eigenvalue weighted by atomic mass is 10.0. The molecule has 3 aliphatic rings. The molecule has 0 radical (unpaired) electrons. The molecule has 0 bridgehead atoms. The molecule has 1 aliphatic carbocycles. The molecule has 4 atom stereocenters. The second-order valence-electron chi connectivity index (χ2n) is 10.2. The van der Waals surface area contributed by atoms with Gasteiger partial charge in [-0.15, -0.1) is 11.3 Å². The number of β-amino-alcohol motifs (C(OH)–C–C–N with tert-alkyl or cyclic N) is 1. The summed E-state index contributed by atoms with van der Waals surface area (Å²) in [6.07, 6.45) is 5.90. The third-order valence-electron chi connectivity index (χ3n) is 7.81. The molecule has 0 spiro atoms. The van der Waals surface area contributed by atoms with Gasteiger partial charge in [-0.25, -0.2) is 9.97 Å². The summed E-state index contributed by atoms with van der Waals surface area (Å²) in [6, 6.07) is 2.39. The van der Waals surface area contributed by atoms with Crippen LogP contribution in [-0.2, 0) is 17.8 Å². The van der Waals surface area contributed by atoms with Crippen LogP contribution in [0.2, 0.25) is 0 Å². The molecule has 1 unspecified atom stereocenters. The van der Waals surface area contributed by atoms with Gasteiger partial charge in [-0.05, 0) is 44.1 Å². The SMILES string of the molecule is C[C@H](O)C(=O)N1C[C@H]2CC(Nc3c(-c4nc5c(s4)CCN(CCO)C5)cnc4[nH]ccc34)C[C@H]2C1. The third kappa shape index (κ3) is 4.22. The van der Waals surface area contributed by atoms with Crippen molar-refractivity contribution < 1.29 is 15.0 Å². The van der Waals surface area contributed by atoms with Gasteiger partial charge in [-0.3, -0.25) is 9.69 Å². The number of H-pyrrole nitrogens is 1. The molecule has 35 heavy (non-hydrogen) atoms. The van der Waals surface area contributed by atoms with Crippen LogP contribution in [0.5, 0.6) is 0 Å². The highest BCUT2D eigenvalue weighted by atomic mass is 32.1. The zero-order valence-electron chi connectivity index (χ0n) is 19.9. The summed E-state index contributed by atoms with van der Waals surface area (Å²) < 4.78 is 0. The average molecular weight is 497 g/mol. The lowest BCUT2D eigenvalue weighted by Crippen LogP contribution is -2.37. The summed E-state index contributed by atoms with van der Waals surface area (Å²) in [6.45, 7) is 5.60. The van der Waals surface area contributed by atoms with Gasteiger partial charge in [0.1, 0.15) is 16.8 Å². The van der Waals surface area contributed by atoms with Crippen LogP contribution in [0.4, 0.5) is 5.69 Å². The van der Waals surface area contributed by atoms with E-state index in [9.17, 15) is 15.0 Å². The first-order chi connectivity index (χ1) is 17.0. The van der Waals surface area contributed by atoms with Gasteiger partial charge in [-0.2, -0.15) is 0 Å². The largest absolute Gasteiger partial charge is 0.395 e. The van der Waals surface area contributed by atoms with Gasteiger partial charge >= 0.3 is 0 Å². The standard InChI is InChI=1S/C25H32N6O3S/c1-14(33)25(34)31-11-15-8-17(9-16(15)12-31)28-22-18-2-4-26-23(18)27-10-19(22)24-29-20-13-30(6-7-32)5-3-21(20)35-24/h2,4,10,14-17,32-33H,3,5-9,11-13H2,1H3,(H2,26,27,28)/t14-,15-,16+,17?/m0/s1. The van der Waals surface area contributed by atoms with E-state index in [1.54, 1.807) is 18.3 Å². The lowest BCUT2D eigenvalue weighted by Gasteiger charge is -2.24. The quantitative estimate of drug-likeness (QED) is 0.413. The number of likely N-dealkylation sites (tertiary alicyclic amines) is 1. The van der Waals surface area contributed by atoms with Crippen molar-refractivity contribution in [1.82, 2.24) is 24.8 Å². The Morgan fingerprint density at radius 1 is 1.34 bits per heavy atom. The summed E-state index contributed by atoms with van der Waals surface area (Å²) in [5, 5.41) is 24.9. The normalized spacial score (nSPS) is 25.1. The van der Waals surface area contributed by atoms with Gasteiger partial charge in [0.15, 0.2) is 0 Å². The zero-order chi connectivity index (χ0) is 24.1. The molecule has 2 aliphatic heterocycles. The van der Waals surface area contributed by atoms with Crippen LogP contribution in [0.25, 0.3) is 21.6 Å². The van der Waals surface area contributed by atoms with Gasteiger partial charge in [0.05, 0.1) is 23.6 Å². The second-order valence-corrected chi connectivity index (χ2v) is 11.3. The zero-order valence-corrected chi connectivity index (χ0v) is 20.7. The summed E-state index contributed by atoms with van der Waals surface area (Å²) in [5.41, 5.74) is 4.09. The monoisotopic (exact) mass is 496 g/mol. The number of anilines is 1. The van der Waals surface area contributed by atoms with Gasteiger partial charge < -0.3 is 25.4 Å². The molecule has 5 heterocycles. The molecule has 3 aromatic heterocycles. The van der Waals surface area contributed by atoms with Crippen molar-refractivity contribution in [3.05, 3.63) is 29.0 Å². The number of aromatic amines is 1. The van der Waals surface area contributed by atoms with E-state index in [-0.39, 0.29) is 12.5 Å². The molecule has 1 saturated carbocycles. The first-order valence-corrected chi connectivity index (χ1v) is 13.3. The first-order valence-electron chi connectivity index (χ1n) is 12.5. The number of aliphatic hydroxyl groups excluding tert-OH is 2. The minimum Gasteiger partial charge on any atom is -0.395 e. The van der Waals surface area contributed by atoms with Gasteiger partial charge in [-0.1, -0.05) is 0 Å². The Hall–Kier alpha value is -2.53. The van der Waals surface area contributed by atoms with E-state index in [1.165, 1.54) is 4.88 Å². The Morgan fingerprint density at radius 2 is 2.14 bits per heavy atom. The molecule has 10 heteroatoms. The Balaban J connectivity index is 1.24. The minimum absolute atomic E-state index is 0.153. The third-order valence-corrected chi connectivity index (χ3v) is 9.00. The number of hydrogen-bond donors (Lipinski definition) is 4. The Labute approximate surface area is 208 Å². The van der Waals surface area contributed by atoms with Crippen molar-refractivity contribution >= 4 is 34.0 Å². The number of pyridine rings is 1. The number of nitrogens with zero attached hydrogens (tertiary/aromatic N) is 4. The van der Waals surface area contributed by atoms with Crippen LogP contribution in [0.3, 0.4) is 0 Å². The minimum atomic E-state index is -0.927. The molecule has 186 valence electrons.